The van der Waals surface area contributed by atoms with Crippen molar-refractivity contribution in [3.05, 3.63) is 76.4 Å². The third-order valence-electron chi connectivity index (χ3n) is 5.16. The molecule has 26 heavy (non-hydrogen) atoms. The molecule has 3 heteroatoms. The molecule has 1 heterocycles. The summed E-state index contributed by atoms with van der Waals surface area (Å²) in [7, 11) is 0. The molecular formula is C23H29N2O+. The molecule has 0 saturated heterocycles. The molecule has 1 aromatic heterocycles. The van der Waals surface area contributed by atoms with Gasteiger partial charge in [-0.2, -0.15) is 4.57 Å². The van der Waals surface area contributed by atoms with Gasteiger partial charge in [0, 0.05) is 13.8 Å². The van der Waals surface area contributed by atoms with Gasteiger partial charge in [-0.15, -0.1) is 0 Å². The van der Waals surface area contributed by atoms with Crippen LogP contribution in [0.1, 0.15) is 40.6 Å². The van der Waals surface area contributed by atoms with Crippen molar-refractivity contribution in [2.45, 2.75) is 48.1 Å². The van der Waals surface area contributed by atoms with Gasteiger partial charge in [0.25, 0.3) is 0 Å². The lowest BCUT2D eigenvalue weighted by Crippen LogP contribution is -2.36. The highest BCUT2D eigenvalue weighted by Gasteiger charge is 2.21. The van der Waals surface area contributed by atoms with Gasteiger partial charge in [-0.05, 0) is 56.5 Å². The van der Waals surface area contributed by atoms with Gasteiger partial charge in [-0.1, -0.05) is 29.8 Å². The van der Waals surface area contributed by atoms with E-state index in [0.29, 0.717) is 6.61 Å². The summed E-state index contributed by atoms with van der Waals surface area (Å²) in [6.45, 7) is 14.5. The Kier molecular flexibility index (Phi) is 5.17. The third-order valence-corrected chi connectivity index (χ3v) is 5.16. The summed E-state index contributed by atoms with van der Waals surface area (Å²) in [5, 5.41) is 0. The van der Waals surface area contributed by atoms with E-state index in [1.54, 1.807) is 0 Å². The highest BCUT2D eigenvalue weighted by molar-refractivity contribution is 5.47. The molecular weight excluding hydrogens is 320 g/mol. The molecule has 2 aromatic carbocycles. The standard InChI is InChI=1S/C23H29N2O/c1-7-26-23-11-9-8-10-22(23)25-15-24(19(5)20(25)6)14-21-17(3)12-16(2)13-18(21)4/h8-13,15H,7,14H2,1-6H3/q+1. The van der Waals surface area contributed by atoms with Crippen LogP contribution in [0.2, 0.25) is 0 Å². The van der Waals surface area contributed by atoms with Crippen molar-refractivity contribution in [2.75, 3.05) is 6.61 Å². The lowest BCUT2D eigenvalue weighted by Gasteiger charge is -2.10. The molecule has 3 nitrogen and oxygen atoms in total. The van der Waals surface area contributed by atoms with Gasteiger partial charge >= 0.3 is 0 Å². The van der Waals surface area contributed by atoms with Gasteiger partial charge in [0.1, 0.15) is 17.9 Å². The maximum Gasteiger partial charge on any atom is 0.249 e. The average Bonchev–Trinajstić information content (AvgIpc) is 2.87. The Labute approximate surface area is 156 Å². The fraction of sp³-hybridized carbons (Fsp3) is 0.348. The molecule has 0 aliphatic carbocycles. The van der Waals surface area contributed by atoms with E-state index in [9.17, 15) is 0 Å². The fourth-order valence-corrected chi connectivity index (χ4v) is 3.66. The number of hydrogen-bond donors (Lipinski definition) is 0. The van der Waals surface area contributed by atoms with E-state index >= 15 is 0 Å². The van der Waals surface area contributed by atoms with Crippen LogP contribution in [0.5, 0.6) is 5.75 Å². The van der Waals surface area contributed by atoms with Crippen LogP contribution in [-0.4, -0.2) is 11.2 Å². The Hall–Kier alpha value is -2.55. The van der Waals surface area contributed by atoms with Gasteiger partial charge in [0.05, 0.1) is 6.61 Å². The number of aryl methyl sites for hydroxylation is 3. The van der Waals surface area contributed by atoms with E-state index in [-0.39, 0.29) is 0 Å². The van der Waals surface area contributed by atoms with Crippen molar-refractivity contribution in [1.82, 2.24) is 4.57 Å². The quantitative estimate of drug-likeness (QED) is 0.608. The molecule has 0 bridgehead atoms. The number of imidazole rings is 1. The number of ether oxygens (including phenoxy) is 1. The maximum absolute atomic E-state index is 5.84. The zero-order valence-electron chi connectivity index (χ0n) is 16.8. The topological polar surface area (TPSA) is 18.0 Å². The van der Waals surface area contributed by atoms with Crippen molar-refractivity contribution in [3.63, 3.8) is 0 Å². The number of benzene rings is 2. The van der Waals surface area contributed by atoms with Crippen LogP contribution in [-0.2, 0) is 6.54 Å². The van der Waals surface area contributed by atoms with Gasteiger partial charge in [-0.25, -0.2) is 4.57 Å². The molecule has 136 valence electrons. The minimum Gasteiger partial charge on any atom is -0.489 e. The zero-order valence-corrected chi connectivity index (χ0v) is 16.8. The zero-order chi connectivity index (χ0) is 18.8. The number of para-hydroxylation sites is 2. The first-order valence-electron chi connectivity index (χ1n) is 9.29. The molecule has 0 radical (unpaired) electrons. The molecule has 0 aliphatic heterocycles. The summed E-state index contributed by atoms with van der Waals surface area (Å²) in [5.74, 6) is 0.919. The minimum atomic E-state index is 0.665. The van der Waals surface area contributed by atoms with Crippen LogP contribution < -0.4 is 9.30 Å². The SMILES string of the molecule is CCOc1ccccc1-n1c[n+](Cc2c(C)cc(C)cc2C)c(C)c1C. The third kappa shape index (κ3) is 3.39. The summed E-state index contributed by atoms with van der Waals surface area (Å²) in [6.07, 6.45) is 2.20. The Morgan fingerprint density at radius 1 is 0.962 bits per heavy atom. The summed E-state index contributed by atoms with van der Waals surface area (Å²) in [6, 6.07) is 12.8. The molecule has 0 saturated carbocycles. The van der Waals surface area contributed by atoms with E-state index < -0.39 is 0 Å². The number of hydrogen-bond acceptors (Lipinski definition) is 1. The second-order valence-electron chi connectivity index (χ2n) is 7.06. The summed E-state index contributed by atoms with van der Waals surface area (Å²) < 4.78 is 10.4. The van der Waals surface area contributed by atoms with Gasteiger partial charge in [-0.3, -0.25) is 0 Å². The van der Waals surface area contributed by atoms with Gasteiger partial charge < -0.3 is 4.74 Å². The number of nitrogens with zero attached hydrogens (tertiary/aromatic N) is 2. The molecule has 3 aromatic rings. The molecule has 0 N–H and O–H groups in total. The Morgan fingerprint density at radius 2 is 1.62 bits per heavy atom. The van der Waals surface area contributed by atoms with Crippen molar-refractivity contribution >= 4 is 0 Å². The van der Waals surface area contributed by atoms with E-state index in [0.717, 1.165) is 18.0 Å². The summed E-state index contributed by atoms with van der Waals surface area (Å²) >= 11 is 0. The van der Waals surface area contributed by atoms with E-state index in [4.69, 9.17) is 4.74 Å². The predicted octanol–water partition coefficient (Wildman–Crippen LogP) is 4.75. The van der Waals surface area contributed by atoms with Gasteiger partial charge in [0.15, 0.2) is 11.4 Å². The molecule has 0 fully saturated rings. The normalized spacial score (nSPS) is 11.0. The van der Waals surface area contributed by atoms with Crippen LogP contribution in [0.3, 0.4) is 0 Å². The molecule has 0 unspecified atom stereocenters. The van der Waals surface area contributed by atoms with E-state index in [1.165, 1.54) is 33.6 Å². The summed E-state index contributed by atoms with van der Waals surface area (Å²) in [4.78, 5) is 0. The second kappa shape index (κ2) is 7.36. The molecule has 0 amide bonds. The van der Waals surface area contributed by atoms with Crippen LogP contribution in [0.15, 0.2) is 42.7 Å². The average molecular weight is 349 g/mol. The van der Waals surface area contributed by atoms with Crippen LogP contribution in [0.25, 0.3) is 5.69 Å². The maximum atomic E-state index is 5.84. The summed E-state index contributed by atoms with van der Waals surface area (Å²) in [5.41, 5.74) is 9.04. The molecule has 0 aliphatic rings. The van der Waals surface area contributed by atoms with Crippen LogP contribution >= 0.6 is 0 Å². The van der Waals surface area contributed by atoms with Crippen molar-refractivity contribution in [1.29, 1.82) is 0 Å². The second-order valence-corrected chi connectivity index (χ2v) is 7.06. The van der Waals surface area contributed by atoms with Crippen molar-refractivity contribution in [3.8, 4) is 11.4 Å². The number of aromatic nitrogens is 2. The van der Waals surface area contributed by atoms with Crippen LogP contribution in [0.4, 0.5) is 0 Å². The van der Waals surface area contributed by atoms with E-state index in [2.05, 4.69) is 74.3 Å². The highest BCUT2D eigenvalue weighted by atomic mass is 16.5. The first-order valence-corrected chi connectivity index (χ1v) is 9.29. The molecule has 0 atom stereocenters. The largest absolute Gasteiger partial charge is 0.489 e. The molecule has 3 rings (SSSR count). The van der Waals surface area contributed by atoms with Crippen molar-refractivity contribution < 1.29 is 9.30 Å². The Morgan fingerprint density at radius 3 is 2.27 bits per heavy atom. The minimum absolute atomic E-state index is 0.665. The smallest absolute Gasteiger partial charge is 0.249 e. The van der Waals surface area contributed by atoms with Gasteiger partial charge in [0.2, 0.25) is 6.33 Å². The van der Waals surface area contributed by atoms with Crippen molar-refractivity contribution in [2.24, 2.45) is 0 Å². The molecule has 0 spiro atoms. The predicted molar refractivity (Wildman–Crippen MR) is 106 cm³/mol. The van der Waals surface area contributed by atoms with E-state index in [1.807, 2.05) is 19.1 Å². The Bertz CT molecular complexity index is 914. The highest BCUT2D eigenvalue weighted by Crippen LogP contribution is 2.25. The lowest BCUT2D eigenvalue weighted by molar-refractivity contribution is -0.693. The first kappa shape index (κ1) is 18.2. The Balaban J connectivity index is 2.04. The van der Waals surface area contributed by atoms with Crippen LogP contribution in [0, 0.1) is 34.6 Å². The lowest BCUT2D eigenvalue weighted by atomic mass is 10.00. The monoisotopic (exact) mass is 349 g/mol. The first-order chi connectivity index (χ1) is 12.4. The fourth-order valence-electron chi connectivity index (χ4n) is 3.66. The number of rotatable bonds is 5.